The summed E-state index contributed by atoms with van der Waals surface area (Å²) in [6.45, 7) is 4.09. The minimum absolute atomic E-state index is 0.00500. The molecule has 7 nitrogen and oxygen atoms in total. The van der Waals surface area contributed by atoms with Crippen LogP contribution in [0.2, 0.25) is 0 Å². The van der Waals surface area contributed by atoms with Gasteiger partial charge in [-0.3, -0.25) is 9.78 Å². The Bertz CT molecular complexity index is 1440. The van der Waals surface area contributed by atoms with E-state index in [0.29, 0.717) is 5.11 Å². The number of ether oxygens (including phenoxy) is 1. The van der Waals surface area contributed by atoms with Crippen LogP contribution < -0.4 is 15.5 Å². The van der Waals surface area contributed by atoms with Crippen LogP contribution in [0.4, 0.5) is 11.4 Å². The largest absolute Gasteiger partial charge is 0.375 e. The van der Waals surface area contributed by atoms with Gasteiger partial charge in [0, 0.05) is 42.3 Å². The van der Waals surface area contributed by atoms with Gasteiger partial charge in [-0.1, -0.05) is 24.3 Å². The standard InChI is InChI=1S/C29H29N5O2S/c1-19-9-4-5-11-24(19)33-16-8-12-25(33)28-27(23-10-6-7-15-30-23)32-29(37)34(28)21-13-14-22(20(2)17-21)31-26(35)18-36-3/h4-17,27-28H,18H2,1-3H3,(H,31,35)(H,32,37)/t27-,28+/m1/s1. The molecule has 1 amide bonds. The molecular formula is C29H29N5O2S. The summed E-state index contributed by atoms with van der Waals surface area (Å²) < 4.78 is 7.17. The van der Waals surface area contributed by atoms with Crippen LogP contribution in [0.5, 0.6) is 0 Å². The quantitative estimate of drug-likeness (QED) is 0.330. The number of nitrogens with one attached hydrogen (secondary N) is 2. The number of carbonyl (C=O) groups is 1. The van der Waals surface area contributed by atoms with Gasteiger partial charge in [0.2, 0.25) is 5.91 Å². The topological polar surface area (TPSA) is 71.4 Å². The van der Waals surface area contributed by atoms with E-state index in [1.807, 2.05) is 55.6 Å². The first-order valence-corrected chi connectivity index (χ1v) is 12.5. The maximum atomic E-state index is 12.1. The van der Waals surface area contributed by atoms with Gasteiger partial charge >= 0.3 is 0 Å². The zero-order valence-corrected chi connectivity index (χ0v) is 21.8. The van der Waals surface area contributed by atoms with Crippen LogP contribution in [0, 0.1) is 13.8 Å². The summed E-state index contributed by atoms with van der Waals surface area (Å²) in [5.74, 6) is -0.194. The number of benzene rings is 2. The van der Waals surface area contributed by atoms with E-state index in [1.54, 1.807) is 0 Å². The van der Waals surface area contributed by atoms with Crippen LogP contribution in [0.25, 0.3) is 5.69 Å². The number of nitrogens with zero attached hydrogens (tertiary/aromatic N) is 3. The van der Waals surface area contributed by atoms with Crippen molar-refractivity contribution >= 4 is 34.6 Å². The molecule has 4 aromatic rings. The third kappa shape index (κ3) is 4.85. The van der Waals surface area contributed by atoms with Crippen LogP contribution in [-0.4, -0.2) is 34.3 Å². The molecule has 2 aromatic carbocycles. The lowest BCUT2D eigenvalue weighted by atomic mass is 10.00. The predicted molar refractivity (Wildman–Crippen MR) is 150 cm³/mol. The molecule has 0 bridgehead atoms. The van der Waals surface area contributed by atoms with Crippen molar-refractivity contribution in [2.24, 2.45) is 0 Å². The summed E-state index contributed by atoms with van der Waals surface area (Å²) in [4.78, 5) is 18.9. The highest BCUT2D eigenvalue weighted by molar-refractivity contribution is 7.80. The average Bonchev–Trinajstić information content (AvgIpc) is 3.50. The summed E-state index contributed by atoms with van der Waals surface area (Å²) in [6, 6.07) is 24.1. The fourth-order valence-corrected chi connectivity index (χ4v) is 5.22. The van der Waals surface area contributed by atoms with Gasteiger partial charge in [-0.15, -0.1) is 0 Å². The molecule has 2 N–H and O–H groups in total. The lowest BCUT2D eigenvalue weighted by Crippen LogP contribution is -2.30. The molecule has 1 aliphatic heterocycles. The number of methoxy groups -OCH3 is 1. The van der Waals surface area contributed by atoms with Gasteiger partial charge in [-0.25, -0.2) is 0 Å². The minimum Gasteiger partial charge on any atom is -0.375 e. The Morgan fingerprint density at radius 1 is 1.05 bits per heavy atom. The van der Waals surface area contributed by atoms with Gasteiger partial charge in [0.15, 0.2) is 5.11 Å². The Kier molecular flexibility index (Phi) is 7.03. The van der Waals surface area contributed by atoms with Gasteiger partial charge in [0.05, 0.1) is 11.7 Å². The third-order valence-electron chi connectivity index (χ3n) is 6.59. The first kappa shape index (κ1) is 24.7. The van der Waals surface area contributed by atoms with Crippen molar-refractivity contribution in [1.82, 2.24) is 14.9 Å². The highest BCUT2D eigenvalue weighted by atomic mass is 32.1. The number of aromatic nitrogens is 2. The van der Waals surface area contributed by atoms with Crippen molar-refractivity contribution in [2.45, 2.75) is 25.9 Å². The third-order valence-corrected chi connectivity index (χ3v) is 6.91. The molecule has 0 aliphatic carbocycles. The highest BCUT2D eigenvalue weighted by Gasteiger charge is 2.42. The number of amides is 1. The Morgan fingerprint density at radius 2 is 1.86 bits per heavy atom. The van der Waals surface area contributed by atoms with E-state index in [9.17, 15) is 4.79 Å². The number of hydrogen-bond acceptors (Lipinski definition) is 4. The molecule has 1 fully saturated rings. The maximum Gasteiger partial charge on any atom is 0.250 e. The number of rotatable bonds is 7. The number of pyridine rings is 1. The lowest BCUT2D eigenvalue weighted by Gasteiger charge is -2.29. The molecule has 188 valence electrons. The maximum absolute atomic E-state index is 12.1. The summed E-state index contributed by atoms with van der Waals surface area (Å²) in [5.41, 5.74) is 6.90. The minimum atomic E-state index is -0.194. The molecule has 1 saturated heterocycles. The van der Waals surface area contributed by atoms with Crippen LogP contribution >= 0.6 is 12.2 Å². The zero-order chi connectivity index (χ0) is 25.9. The Hall–Kier alpha value is -4.01. The second-order valence-corrected chi connectivity index (χ2v) is 9.45. The lowest BCUT2D eigenvalue weighted by molar-refractivity contribution is -0.119. The highest BCUT2D eigenvalue weighted by Crippen LogP contribution is 2.43. The van der Waals surface area contributed by atoms with Crippen molar-refractivity contribution < 1.29 is 9.53 Å². The number of thiocarbonyl (C=S) groups is 1. The van der Waals surface area contributed by atoms with Crippen LogP contribution in [0.3, 0.4) is 0 Å². The number of carbonyl (C=O) groups excluding carboxylic acids is 1. The molecule has 1 aliphatic rings. The van der Waals surface area contributed by atoms with Gasteiger partial charge in [0.25, 0.3) is 0 Å². The van der Waals surface area contributed by atoms with Crippen molar-refractivity contribution in [2.75, 3.05) is 23.9 Å². The van der Waals surface area contributed by atoms with E-state index in [2.05, 4.69) is 68.5 Å². The molecule has 37 heavy (non-hydrogen) atoms. The molecule has 5 rings (SSSR count). The van der Waals surface area contributed by atoms with Gasteiger partial charge < -0.3 is 24.8 Å². The second kappa shape index (κ2) is 10.5. The molecular weight excluding hydrogens is 482 g/mol. The molecule has 0 saturated carbocycles. The van der Waals surface area contributed by atoms with E-state index in [-0.39, 0.29) is 24.6 Å². The summed E-state index contributed by atoms with van der Waals surface area (Å²) in [7, 11) is 1.50. The number of aryl methyl sites for hydroxylation is 2. The average molecular weight is 512 g/mol. The van der Waals surface area contributed by atoms with Gasteiger partial charge in [-0.2, -0.15) is 0 Å². The van der Waals surface area contributed by atoms with Gasteiger partial charge in [0.1, 0.15) is 12.6 Å². The molecule has 8 heteroatoms. The van der Waals surface area contributed by atoms with Crippen molar-refractivity contribution in [3.05, 3.63) is 108 Å². The first-order chi connectivity index (χ1) is 18.0. The smallest absolute Gasteiger partial charge is 0.250 e. The van der Waals surface area contributed by atoms with Crippen LogP contribution in [0.15, 0.2) is 85.2 Å². The van der Waals surface area contributed by atoms with E-state index < -0.39 is 0 Å². The molecule has 0 radical (unpaired) electrons. The zero-order valence-electron chi connectivity index (χ0n) is 21.0. The predicted octanol–water partition coefficient (Wildman–Crippen LogP) is 5.25. The van der Waals surface area contributed by atoms with E-state index in [1.165, 1.54) is 12.7 Å². The fourth-order valence-electron chi connectivity index (χ4n) is 4.88. The van der Waals surface area contributed by atoms with Crippen LogP contribution in [0.1, 0.15) is 34.6 Å². The van der Waals surface area contributed by atoms with Crippen molar-refractivity contribution in [1.29, 1.82) is 0 Å². The number of anilines is 2. The van der Waals surface area contributed by atoms with Crippen molar-refractivity contribution in [3.63, 3.8) is 0 Å². The SMILES string of the molecule is COCC(=O)Nc1ccc(N2C(=S)N[C@H](c3ccccn3)[C@@H]2c2cccn2-c2ccccc2C)cc1C. The Labute approximate surface area is 222 Å². The fraction of sp³-hybridized carbons (Fsp3) is 0.207. The van der Waals surface area contributed by atoms with Crippen molar-refractivity contribution in [3.8, 4) is 5.69 Å². The summed E-state index contributed by atoms with van der Waals surface area (Å²) >= 11 is 5.91. The summed E-state index contributed by atoms with van der Waals surface area (Å²) in [5, 5.41) is 7.05. The molecule has 2 atom stereocenters. The number of hydrogen-bond donors (Lipinski definition) is 2. The van der Waals surface area contributed by atoms with E-state index >= 15 is 0 Å². The Morgan fingerprint density at radius 3 is 2.59 bits per heavy atom. The van der Waals surface area contributed by atoms with E-state index in [0.717, 1.165) is 34.0 Å². The van der Waals surface area contributed by atoms with E-state index in [4.69, 9.17) is 17.0 Å². The van der Waals surface area contributed by atoms with Crippen LogP contribution in [-0.2, 0) is 9.53 Å². The van der Waals surface area contributed by atoms with Gasteiger partial charge in [-0.05, 0) is 85.7 Å². The summed E-state index contributed by atoms with van der Waals surface area (Å²) in [6.07, 6.45) is 3.90. The number of para-hydroxylation sites is 1. The molecule has 0 spiro atoms. The first-order valence-electron chi connectivity index (χ1n) is 12.1. The second-order valence-electron chi connectivity index (χ2n) is 9.07. The molecule has 3 heterocycles. The Balaban J connectivity index is 1.60. The monoisotopic (exact) mass is 511 g/mol. The normalized spacial score (nSPS) is 17.1. The molecule has 0 unspecified atom stereocenters. The molecule has 2 aromatic heterocycles.